The number of nitrogens with zero attached hydrogens (tertiary/aromatic N) is 4. The maximum Gasteiger partial charge on any atom is 0.241 e. The van der Waals surface area contributed by atoms with Crippen LogP contribution in [0.15, 0.2) is 18.5 Å². The summed E-state index contributed by atoms with van der Waals surface area (Å²) in [6.07, 6.45) is 9.66. The van der Waals surface area contributed by atoms with Crippen molar-refractivity contribution in [2.75, 3.05) is 31.1 Å². The molecule has 4 rings (SSSR count). The number of aromatic amines is 1. The predicted molar refractivity (Wildman–Crippen MR) is 107 cm³/mol. The van der Waals surface area contributed by atoms with Gasteiger partial charge in [-0.1, -0.05) is 6.92 Å². The molecular weight excluding hydrogens is 356 g/mol. The predicted octanol–water partition coefficient (Wildman–Crippen LogP) is 1.54. The average Bonchev–Trinajstić information content (AvgIpc) is 3.31. The van der Waals surface area contributed by atoms with Gasteiger partial charge in [-0.05, 0) is 31.3 Å². The number of hydrogen-bond acceptors (Lipinski definition) is 5. The lowest BCUT2D eigenvalue weighted by Gasteiger charge is -2.36. The summed E-state index contributed by atoms with van der Waals surface area (Å²) in [6, 6.07) is 0. The third-order valence-electron chi connectivity index (χ3n) is 5.78. The van der Waals surface area contributed by atoms with Gasteiger partial charge >= 0.3 is 0 Å². The van der Waals surface area contributed by atoms with Gasteiger partial charge in [0, 0.05) is 49.9 Å². The van der Waals surface area contributed by atoms with E-state index in [1.807, 2.05) is 4.90 Å². The molecule has 2 amide bonds. The zero-order chi connectivity index (χ0) is 19.7. The summed E-state index contributed by atoms with van der Waals surface area (Å²) in [5.41, 5.74) is 7.31. The number of aromatic nitrogens is 3. The number of anilines is 1. The van der Waals surface area contributed by atoms with Crippen LogP contribution < -0.4 is 10.6 Å². The highest BCUT2D eigenvalue weighted by molar-refractivity contribution is 5.93. The van der Waals surface area contributed by atoms with Crippen LogP contribution in [0.2, 0.25) is 0 Å². The average molecular weight is 382 g/mol. The number of nitrogens with two attached hydrogens (primary N) is 1. The van der Waals surface area contributed by atoms with Gasteiger partial charge < -0.3 is 20.5 Å². The number of H-pyrrole nitrogens is 1. The van der Waals surface area contributed by atoms with E-state index in [4.69, 9.17) is 10.7 Å². The maximum absolute atomic E-state index is 12.7. The molecule has 1 aliphatic heterocycles. The number of carbonyl (C=O) groups is 2. The van der Waals surface area contributed by atoms with Gasteiger partial charge in [0.15, 0.2) is 5.65 Å². The lowest BCUT2D eigenvalue weighted by atomic mass is 10.0. The topological polar surface area (TPSA) is 108 Å². The highest BCUT2D eigenvalue weighted by Crippen LogP contribution is 2.32. The standard InChI is InChI=1S/C20H26N6O2/c1-13-2-3-14(10-13)20(28)26-8-6-25(7-9-26)17-12-23-19-18(24-17)15(11-22-19)4-5-16(21)27/h4-5,11-14H,2-3,6-10H2,1H3,(H2,21,27)(H,22,23)/b5-4+/t13-,14-/m1/s1. The van der Waals surface area contributed by atoms with E-state index in [0.29, 0.717) is 36.1 Å². The number of carbonyl (C=O) groups excluding carboxylic acids is 2. The van der Waals surface area contributed by atoms with Crippen LogP contribution in [0.4, 0.5) is 5.82 Å². The van der Waals surface area contributed by atoms with E-state index >= 15 is 0 Å². The van der Waals surface area contributed by atoms with E-state index in [9.17, 15) is 9.59 Å². The molecule has 1 saturated heterocycles. The number of piperazine rings is 1. The van der Waals surface area contributed by atoms with Crippen molar-refractivity contribution >= 4 is 34.9 Å². The molecule has 3 N–H and O–H groups in total. The largest absolute Gasteiger partial charge is 0.366 e. The second-order valence-electron chi connectivity index (χ2n) is 7.83. The molecule has 1 saturated carbocycles. The van der Waals surface area contributed by atoms with E-state index in [2.05, 4.69) is 21.8 Å². The Morgan fingerprint density at radius 3 is 2.71 bits per heavy atom. The molecule has 148 valence electrons. The monoisotopic (exact) mass is 382 g/mol. The number of amides is 2. The molecule has 0 unspecified atom stereocenters. The Morgan fingerprint density at radius 1 is 1.25 bits per heavy atom. The van der Waals surface area contributed by atoms with Gasteiger partial charge in [0.1, 0.15) is 11.3 Å². The van der Waals surface area contributed by atoms with Crippen LogP contribution in [0.5, 0.6) is 0 Å². The summed E-state index contributed by atoms with van der Waals surface area (Å²) in [4.78, 5) is 40.1. The first-order valence-corrected chi connectivity index (χ1v) is 9.86. The minimum atomic E-state index is -0.504. The molecule has 3 heterocycles. The summed E-state index contributed by atoms with van der Waals surface area (Å²) >= 11 is 0. The Kier molecular flexibility index (Phi) is 5.02. The van der Waals surface area contributed by atoms with E-state index in [0.717, 1.165) is 43.7 Å². The Bertz CT molecular complexity index is 913. The summed E-state index contributed by atoms with van der Waals surface area (Å²) in [5.74, 6) is 1.46. The van der Waals surface area contributed by atoms with Gasteiger partial charge in [0.05, 0.1) is 6.20 Å². The summed E-state index contributed by atoms with van der Waals surface area (Å²) in [6.45, 7) is 5.14. The molecule has 2 fully saturated rings. The van der Waals surface area contributed by atoms with Gasteiger partial charge in [0.25, 0.3) is 0 Å². The summed E-state index contributed by atoms with van der Waals surface area (Å²) < 4.78 is 0. The molecule has 0 radical (unpaired) electrons. The van der Waals surface area contributed by atoms with Crippen LogP contribution in [0.25, 0.3) is 17.2 Å². The number of fused-ring (bicyclic) bond motifs is 1. The fourth-order valence-electron chi connectivity index (χ4n) is 4.20. The quantitative estimate of drug-likeness (QED) is 0.780. The molecule has 0 bridgehead atoms. The van der Waals surface area contributed by atoms with Crippen molar-refractivity contribution in [2.45, 2.75) is 26.2 Å². The molecule has 0 aromatic carbocycles. The van der Waals surface area contributed by atoms with Gasteiger partial charge in [-0.15, -0.1) is 0 Å². The lowest BCUT2D eigenvalue weighted by molar-refractivity contribution is -0.135. The Labute approximate surface area is 163 Å². The highest BCUT2D eigenvalue weighted by atomic mass is 16.2. The van der Waals surface area contributed by atoms with Crippen LogP contribution in [0.3, 0.4) is 0 Å². The molecule has 2 aliphatic rings. The van der Waals surface area contributed by atoms with Crippen LogP contribution >= 0.6 is 0 Å². The minimum absolute atomic E-state index is 0.206. The van der Waals surface area contributed by atoms with Crippen molar-refractivity contribution in [3.8, 4) is 0 Å². The van der Waals surface area contributed by atoms with Crippen molar-refractivity contribution in [2.24, 2.45) is 17.6 Å². The van der Waals surface area contributed by atoms with Crippen LogP contribution in [0, 0.1) is 11.8 Å². The molecule has 28 heavy (non-hydrogen) atoms. The fourth-order valence-corrected chi connectivity index (χ4v) is 4.20. The first-order valence-electron chi connectivity index (χ1n) is 9.86. The maximum atomic E-state index is 12.7. The second kappa shape index (κ2) is 7.61. The Hall–Kier alpha value is -2.90. The normalized spacial score (nSPS) is 23.0. The molecule has 2 aromatic rings. The van der Waals surface area contributed by atoms with Gasteiger partial charge in [-0.2, -0.15) is 0 Å². The first-order chi connectivity index (χ1) is 13.5. The highest BCUT2D eigenvalue weighted by Gasteiger charge is 2.32. The van der Waals surface area contributed by atoms with Gasteiger partial charge in [-0.3, -0.25) is 9.59 Å². The number of hydrogen-bond donors (Lipinski definition) is 2. The van der Waals surface area contributed by atoms with Gasteiger partial charge in [0.2, 0.25) is 11.8 Å². The van der Waals surface area contributed by atoms with Crippen molar-refractivity contribution in [1.29, 1.82) is 0 Å². The number of rotatable bonds is 4. The lowest BCUT2D eigenvalue weighted by Crippen LogP contribution is -2.50. The minimum Gasteiger partial charge on any atom is -0.366 e. The third kappa shape index (κ3) is 3.72. The van der Waals surface area contributed by atoms with Crippen molar-refractivity contribution in [1.82, 2.24) is 19.9 Å². The Balaban J connectivity index is 1.44. The molecular formula is C20H26N6O2. The molecule has 8 nitrogen and oxygen atoms in total. The summed E-state index contributed by atoms with van der Waals surface area (Å²) in [5, 5.41) is 0. The Morgan fingerprint density at radius 2 is 2.04 bits per heavy atom. The van der Waals surface area contributed by atoms with Crippen LogP contribution in [-0.2, 0) is 9.59 Å². The van der Waals surface area contributed by atoms with Crippen LogP contribution in [0.1, 0.15) is 31.7 Å². The van der Waals surface area contributed by atoms with E-state index in [-0.39, 0.29) is 5.92 Å². The first kappa shape index (κ1) is 18.5. The van der Waals surface area contributed by atoms with Crippen molar-refractivity contribution in [3.63, 3.8) is 0 Å². The van der Waals surface area contributed by atoms with E-state index in [1.165, 1.54) is 6.08 Å². The number of nitrogens with one attached hydrogen (secondary N) is 1. The van der Waals surface area contributed by atoms with E-state index in [1.54, 1.807) is 18.5 Å². The van der Waals surface area contributed by atoms with Crippen molar-refractivity contribution in [3.05, 3.63) is 24.0 Å². The SMILES string of the molecule is C[C@@H]1CC[C@@H](C(=O)N2CCN(c3cnc4[nH]cc(/C=C/C(N)=O)c4n3)CC2)C1. The van der Waals surface area contributed by atoms with E-state index < -0.39 is 5.91 Å². The third-order valence-corrected chi connectivity index (χ3v) is 5.78. The molecule has 0 spiro atoms. The summed E-state index contributed by atoms with van der Waals surface area (Å²) in [7, 11) is 0. The molecule has 8 heteroatoms. The fraction of sp³-hybridized carbons (Fsp3) is 0.500. The number of primary amides is 1. The zero-order valence-corrected chi connectivity index (χ0v) is 16.1. The zero-order valence-electron chi connectivity index (χ0n) is 16.1. The second-order valence-corrected chi connectivity index (χ2v) is 7.83. The van der Waals surface area contributed by atoms with Crippen molar-refractivity contribution < 1.29 is 9.59 Å². The molecule has 2 atom stereocenters. The molecule has 2 aromatic heterocycles. The van der Waals surface area contributed by atoms with Crippen LogP contribution in [-0.4, -0.2) is 57.8 Å². The molecule has 1 aliphatic carbocycles. The van der Waals surface area contributed by atoms with Gasteiger partial charge in [-0.25, -0.2) is 9.97 Å². The smallest absolute Gasteiger partial charge is 0.241 e.